The minimum absolute atomic E-state index is 0.0793. The topological polar surface area (TPSA) is 29.5 Å². The quantitative estimate of drug-likeness (QED) is 0.826. The van der Waals surface area contributed by atoms with Crippen LogP contribution in [0.5, 0.6) is 0 Å². The second-order valence-corrected chi connectivity index (χ2v) is 5.88. The maximum absolute atomic E-state index is 13.7. The van der Waals surface area contributed by atoms with E-state index in [1.54, 1.807) is 7.11 Å². The molecule has 0 heterocycles. The molecule has 2 saturated carbocycles. The Balaban J connectivity index is 1.73. The van der Waals surface area contributed by atoms with E-state index in [0.29, 0.717) is 12.3 Å². The van der Waals surface area contributed by atoms with Crippen LogP contribution in [-0.2, 0) is 4.74 Å². The third-order valence-electron chi connectivity index (χ3n) is 4.61. The van der Waals surface area contributed by atoms with Gasteiger partial charge in [0, 0.05) is 7.11 Å². The summed E-state index contributed by atoms with van der Waals surface area (Å²) in [6.07, 6.45) is 6.94. The highest BCUT2D eigenvalue weighted by Gasteiger charge is 2.32. The van der Waals surface area contributed by atoms with Crippen LogP contribution in [0.3, 0.4) is 0 Å². The van der Waals surface area contributed by atoms with E-state index in [1.165, 1.54) is 0 Å². The average Bonchev–Trinajstić information content (AvgIpc) is 2.32. The molecule has 3 unspecified atom stereocenters. The number of ether oxygens (including phenoxy) is 1. The van der Waals surface area contributed by atoms with Gasteiger partial charge < -0.3 is 9.84 Å². The molecule has 0 spiro atoms. The summed E-state index contributed by atoms with van der Waals surface area (Å²) in [7, 11) is 1.61. The van der Waals surface area contributed by atoms with Crippen LogP contribution >= 0.6 is 0 Å². The normalized spacial score (nSPS) is 43.6. The molecule has 3 heteroatoms. The fraction of sp³-hybridized carbons (Fsp3) is 1.00. The third-order valence-corrected chi connectivity index (χ3v) is 4.61. The third kappa shape index (κ3) is 3.65. The van der Waals surface area contributed by atoms with E-state index in [9.17, 15) is 9.50 Å². The molecule has 2 aliphatic carbocycles. The lowest BCUT2D eigenvalue weighted by molar-refractivity contribution is -0.0142. The van der Waals surface area contributed by atoms with Crippen molar-refractivity contribution in [2.75, 3.05) is 7.11 Å². The molecule has 0 aliphatic heterocycles. The highest BCUT2D eigenvalue weighted by molar-refractivity contribution is 4.83. The number of rotatable bonds is 3. The molecular formula is C14H25FO2. The first kappa shape index (κ1) is 13.3. The van der Waals surface area contributed by atoms with Gasteiger partial charge in [-0.3, -0.25) is 0 Å². The maximum Gasteiger partial charge on any atom is 0.126 e. The number of alkyl halides is 1. The first-order valence-corrected chi connectivity index (χ1v) is 7.04. The lowest BCUT2D eigenvalue weighted by atomic mass is 9.76. The first-order chi connectivity index (χ1) is 8.19. The van der Waals surface area contributed by atoms with Crippen LogP contribution in [0.2, 0.25) is 0 Å². The van der Waals surface area contributed by atoms with E-state index in [4.69, 9.17) is 4.74 Å². The van der Waals surface area contributed by atoms with E-state index in [1.807, 2.05) is 0 Å². The summed E-state index contributed by atoms with van der Waals surface area (Å²) >= 11 is 0. The number of halogens is 1. The van der Waals surface area contributed by atoms with Gasteiger partial charge in [-0.1, -0.05) is 0 Å². The van der Waals surface area contributed by atoms with Gasteiger partial charge in [-0.05, 0) is 63.2 Å². The number of aliphatic hydroxyl groups excluding tert-OH is 1. The van der Waals surface area contributed by atoms with Crippen molar-refractivity contribution in [1.29, 1.82) is 0 Å². The number of hydrogen-bond acceptors (Lipinski definition) is 2. The smallest absolute Gasteiger partial charge is 0.126 e. The van der Waals surface area contributed by atoms with Crippen LogP contribution < -0.4 is 0 Å². The van der Waals surface area contributed by atoms with Crippen molar-refractivity contribution >= 4 is 0 Å². The van der Waals surface area contributed by atoms with E-state index in [-0.39, 0.29) is 12.2 Å². The Morgan fingerprint density at radius 1 is 1.06 bits per heavy atom. The Kier molecular flexibility index (Phi) is 4.80. The summed E-state index contributed by atoms with van der Waals surface area (Å²) in [6, 6.07) is 0. The van der Waals surface area contributed by atoms with Crippen LogP contribution in [0.25, 0.3) is 0 Å². The molecule has 0 saturated heterocycles. The molecule has 0 radical (unpaired) electrons. The Hall–Kier alpha value is -0.150. The van der Waals surface area contributed by atoms with Crippen LogP contribution in [-0.4, -0.2) is 30.6 Å². The number of hydrogen-bond donors (Lipinski definition) is 1. The van der Waals surface area contributed by atoms with Crippen molar-refractivity contribution in [2.24, 2.45) is 11.8 Å². The van der Waals surface area contributed by atoms with Gasteiger partial charge in [0.15, 0.2) is 0 Å². The van der Waals surface area contributed by atoms with Crippen molar-refractivity contribution in [3.05, 3.63) is 0 Å². The van der Waals surface area contributed by atoms with E-state index in [2.05, 4.69) is 0 Å². The summed E-state index contributed by atoms with van der Waals surface area (Å²) in [6.45, 7) is 0. The molecular weight excluding hydrogens is 219 g/mol. The Morgan fingerprint density at radius 3 is 2.29 bits per heavy atom. The summed E-state index contributed by atoms with van der Waals surface area (Å²) in [5.41, 5.74) is 0. The molecule has 17 heavy (non-hydrogen) atoms. The second kappa shape index (κ2) is 6.14. The number of methoxy groups -OCH3 is 1. The highest BCUT2D eigenvalue weighted by atomic mass is 19.1. The molecule has 0 amide bonds. The lowest BCUT2D eigenvalue weighted by Gasteiger charge is -2.34. The minimum atomic E-state index is -0.770. The lowest BCUT2D eigenvalue weighted by Crippen LogP contribution is -2.33. The molecule has 100 valence electrons. The van der Waals surface area contributed by atoms with Gasteiger partial charge in [0.05, 0.1) is 12.2 Å². The fourth-order valence-corrected chi connectivity index (χ4v) is 3.50. The van der Waals surface area contributed by atoms with Crippen LogP contribution in [0.1, 0.15) is 51.4 Å². The fourth-order valence-electron chi connectivity index (χ4n) is 3.50. The zero-order chi connectivity index (χ0) is 12.3. The predicted octanol–water partition coefficient (Wildman–Crippen LogP) is 3.08. The summed E-state index contributed by atoms with van der Waals surface area (Å²) in [5.74, 6) is 1.26. The van der Waals surface area contributed by atoms with E-state index >= 15 is 0 Å². The standard InChI is InChI=1S/C14H25FO2/c1-17-14-7-4-11(9-13(14)15)8-10-2-5-12(16)6-3-10/h10-14,16H,2-9H2,1H3. The zero-order valence-corrected chi connectivity index (χ0v) is 10.8. The molecule has 2 aliphatic rings. The van der Waals surface area contributed by atoms with Gasteiger partial charge in [0.1, 0.15) is 6.17 Å². The Bertz CT molecular complexity index is 226. The van der Waals surface area contributed by atoms with Gasteiger partial charge >= 0.3 is 0 Å². The molecule has 0 bridgehead atoms. The summed E-state index contributed by atoms with van der Waals surface area (Å²) in [4.78, 5) is 0. The van der Waals surface area contributed by atoms with Crippen molar-refractivity contribution in [3.63, 3.8) is 0 Å². The van der Waals surface area contributed by atoms with Crippen molar-refractivity contribution in [2.45, 2.75) is 69.7 Å². The van der Waals surface area contributed by atoms with Crippen molar-refractivity contribution in [3.8, 4) is 0 Å². The minimum Gasteiger partial charge on any atom is -0.393 e. The van der Waals surface area contributed by atoms with Gasteiger partial charge in [-0.2, -0.15) is 0 Å². The van der Waals surface area contributed by atoms with Crippen molar-refractivity contribution in [1.82, 2.24) is 0 Å². The predicted molar refractivity (Wildman–Crippen MR) is 65.6 cm³/mol. The molecule has 1 N–H and O–H groups in total. The Morgan fingerprint density at radius 2 is 1.71 bits per heavy atom. The van der Waals surface area contributed by atoms with Crippen LogP contribution in [0.4, 0.5) is 4.39 Å². The molecule has 3 atom stereocenters. The molecule has 2 fully saturated rings. The van der Waals surface area contributed by atoms with Gasteiger partial charge in [0.25, 0.3) is 0 Å². The van der Waals surface area contributed by atoms with Gasteiger partial charge in [-0.25, -0.2) is 4.39 Å². The molecule has 2 rings (SSSR count). The van der Waals surface area contributed by atoms with Gasteiger partial charge in [0.2, 0.25) is 0 Å². The maximum atomic E-state index is 13.7. The molecule has 0 aromatic rings. The zero-order valence-electron chi connectivity index (χ0n) is 10.8. The molecule has 0 aromatic heterocycles. The van der Waals surface area contributed by atoms with Crippen molar-refractivity contribution < 1.29 is 14.2 Å². The van der Waals surface area contributed by atoms with Crippen LogP contribution in [0, 0.1) is 11.8 Å². The van der Waals surface area contributed by atoms with Crippen LogP contribution in [0.15, 0.2) is 0 Å². The molecule has 2 nitrogen and oxygen atoms in total. The molecule has 0 aromatic carbocycles. The second-order valence-electron chi connectivity index (χ2n) is 5.88. The monoisotopic (exact) mass is 244 g/mol. The SMILES string of the molecule is COC1CCC(CC2CCC(O)CC2)CC1F. The van der Waals surface area contributed by atoms with E-state index < -0.39 is 6.17 Å². The van der Waals surface area contributed by atoms with E-state index in [0.717, 1.165) is 50.9 Å². The number of aliphatic hydroxyl groups is 1. The average molecular weight is 244 g/mol. The summed E-state index contributed by atoms with van der Waals surface area (Å²) in [5, 5.41) is 9.46. The highest BCUT2D eigenvalue weighted by Crippen LogP contribution is 2.36. The largest absolute Gasteiger partial charge is 0.393 e. The Labute approximate surface area is 104 Å². The van der Waals surface area contributed by atoms with Gasteiger partial charge in [-0.15, -0.1) is 0 Å². The summed E-state index contributed by atoms with van der Waals surface area (Å²) < 4.78 is 18.9. The first-order valence-electron chi connectivity index (χ1n) is 7.04.